The second-order valence-corrected chi connectivity index (χ2v) is 7.02. The van der Waals surface area contributed by atoms with Crippen LogP contribution < -0.4 is 19.7 Å². The first kappa shape index (κ1) is 20.3. The van der Waals surface area contributed by atoms with Crippen molar-refractivity contribution in [3.8, 4) is 17.5 Å². The Balaban J connectivity index is 1.32. The third-order valence-electron chi connectivity index (χ3n) is 4.82. The zero-order valence-corrected chi connectivity index (χ0v) is 17.1. The van der Waals surface area contributed by atoms with Gasteiger partial charge in [-0.1, -0.05) is 12.1 Å². The van der Waals surface area contributed by atoms with Crippen molar-refractivity contribution in [2.75, 3.05) is 23.4 Å². The molecule has 31 heavy (non-hydrogen) atoms. The highest BCUT2D eigenvalue weighted by Gasteiger charge is 2.23. The van der Waals surface area contributed by atoms with Gasteiger partial charge in [-0.25, -0.2) is 9.97 Å². The third kappa shape index (κ3) is 4.98. The molecule has 1 aliphatic rings. The van der Waals surface area contributed by atoms with E-state index in [4.69, 9.17) is 9.47 Å². The second kappa shape index (κ2) is 9.25. The van der Waals surface area contributed by atoms with Crippen LogP contribution in [0.5, 0.6) is 17.5 Å². The summed E-state index contributed by atoms with van der Waals surface area (Å²) in [5, 5.41) is 2.86. The van der Waals surface area contributed by atoms with E-state index in [0.29, 0.717) is 30.3 Å². The number of rotatable bonds is 6. The van der Waals surface area contributed by atoms with Gasteiger partial charge in [-0.05, 0) is 48.9 Å². The fraction of sp³-hybridized carbons (Fsp3) is 0.217. The number of aromatic nitrogens is 2. The molecule has 3 aromatic rings. The number of fused-ring (bicyclic) bond motifs is 1. The van der Waals surface area contributed by atoms with Gasteiger partial charge in [-0.3, -0.25) is 9.59 Å². The number of amides is 2. The zero-order chi connectivity index (χ0) is 21.6. The van der Waals surface area contributed by atoms with E-state index in [2.05, 4.69) is 15.3 Å². The lowest BCUT2D eigenvalue weighted by atomic mass is 10.1. The van der Waals surface area contributed by atoms with E-state index in [-0.39, 0.29) is 30.7 Å². The predicted molar refractivity (Wildman–Crippen MR) is 115 cm³/mol. The van der Waals surface area contributed by atoms with E-state index in [0.717, 1.165) is 11.3 Å². The van der Waals surface area contributed by atoms with Crippen LogP contribution in [0.15, 0.2) is 60.9 Å². The molecule has 1 aromatic heterocycles. The molecule has 0 aliphatic carbocycles. The second-order valence-electron chi connectivity index (χ2n) is 7.02. The number of hydrogen-bond donors (Lipinski definition) is 1. The minimum Gasteiger partial charge on any atom is -0.490 e. The molecule has 4 rings (SSSR count). The van der Waals surface area contributed by atoms with Crippen LogP contribution in [0.3, 0.4) is 0 Å². The maximum absolute atomic E-state index is 12.7. The predicted octanol–water partition coefficient (Wildman–Crippen LogP) is 3.72. The Kier molecular flexibility index (Phi) is 6.07. The van der Waals surface area contributed by atoms with Gasteiger partial charge in [0.15, 0.2) is 0 Å². The number of benzene rings is 2. The summed E-state index contributed by atoms with van der Waals surface area (Å²) in [7, 11) is 0. The quantitative estimate of drug-likeness (QED) is 0.656. The number of nitrogens with one attached hydrogen (secondary N) is 1. The van der Waals surface area contributed by atoms with Crippen molar-refractivity contribution in [1.82, 2.24) is 9.97 Å². The third-order valence-corrected chi connectivity index (χ3v) is 4.82. The Labute approximate surface area is 179 Å². The molecule has 1 N–H and O–H groups in total. The number of ether oxygens (including phenoxy) is 2. The molecule has 8 nitrogen and oxygen atoms in total. The van der Waals surface area contributed by atoms with E-state index in [1.165, 1.54) is 0 Å². The fourth-order valence-electron chi connectivity index (χ4n) is 3.28. The average Bonchev–Trinajstić information content (AvgIpc) is 2.79. The van der Waals surface area contributed by atoms with Gasteiger partial charge >= 0.3 is 6.01 Å². The van der Waals surface area contributed by atoms with Gasteiger partial charge in [0.1, 0.15) is 18.1 Å². The zero-order valence-electron chi connectivity index (χ0n) is 17.1. The van der Waals surface area contributed by atoms with Crippen molar-refractivity contribution in [3.63, 3.8) is 0 Å². The molecule has 2 aromatic carbocycles. The Morgan fingerprint density at radius 1 is 1.10 bits per heavy atom. The largest absolute Gasteiger partial charge is 0.490 e. The Morgan fingerprint density at radius 3 is 2.71 bits per heavy atom. The summed E-state index contributed by atoms with van der Waals surface area (Å²) in [5.74, 6) is 0.931. The monoisotopic (exact) mass is 418 g/mol. The van der Waals surface area contributed by atoms with Gasteiger partial charge in [0.25, 0.3) is 0 Å². The van der Waals surface area contributed by atoms with Gasteiger partial charge in [-0.2, -0.15) is 0 Å². The molecule has 2 amide bonds. The lowest BCUT2D eigenvalue weighted by Gasteiger charge is -2.29. The summed E-state index contributed by atoms with van der Waals surface area (Å²) in [4.78, 5) is 34.8. The summed E-state index contributed by atoms with van der Waals surface area (Å²) in [5.41, 5.74) is 2.23. The Bertz CT molecular complexity index is 1090. The molecule has 8 heteroatoms. The van der Waals surface area contributed by atoms with E-state index < -0.39 is 0 Å². The molecule has 0 fully saturated rings. The molecular weight excluding hydrogens is 396 g/mol. The van der Waals surface area contributed by atoms with Crippen LogP contribution in [0.2, 0.25) is 0 Å². The first-order valence-electron chi connectivity index (χ1n) is 9.98. The van der Waals surface area contributed by atoms with E-state index in [1.807, 2.05) is 31.2 Å². The van der Waals surface area contributed by atoms with E-state index in [9.17, 15) is 9.59 Å². The first-order valence-corrected chi connectivity index (χ1v) is 9.98. The van der Waals surface area contributed by atoms with Crippen LogP contribution in [-0.4, -0.2) is 34.9 Å². The summed E-state index contributed by atoms with van der Waals surface area (Å²) in [6.07, 6.45) is 3.40. The number of carbonyl (C=O) groups is 2. The van der Waals surface area contributed by atoms with Crippen LogP contribution in [0, 0.1) is 6.92 Å². The molecule has 0 saturated carbocycles. The average molecular weight is 418 g/mol. The highest BCUT2D eigenvalue weighted by Crippen LogP contribution is 2.31. The van der Waals surface area contributed by atoms with Crippen molar-refractivity contribution in [2.45, 2.75) is 19.8 Å². The van der Waals surface area contributed by atoms with Crippen LogP contribution in [0.25, 0.3) is 0 Å². The number of aryl methyl sites for hydroxylation is 1. The fourth-order valence-corrected chi connectivity index (χ4v) is 3.28. The summed E-state index contributed by atoms with van der Waals surface area (Å²) in [6.45, 7) is 2.78. The van der Waals surface area contributed by atoms with Gasteiger partial charge in [0, 0.05) is 30.9 Å². The molecular formula is C23H22N4O4. The molecule has 2 heterocycles. The summed E-state index contributed by atoms with van der Waals surface area (Å²) >= 11 is 0. The number of para-hydroxylation sites is 2. The SMILES string of the molecule is Cc1cc(Oc2ncccn2)ccc1NC(=O)CCC(=O)N1CCOc2ccccc21. The molecule has 0 bridgehead atoms. The lowest BCUT2D eigenvalue weighted by molar-refractivity contribution is -0.122. The standard InChI is InChI=1S/C23H22N4O4/c1-16-15-17(31-23-24-11-4-12-25-23)7-8-18(16)26-21(28)9-10-22(29)27-13-14-30-20-6-3-2-5-19(20)27/h2-8,11-12,15H,9-10,13-14H2,1H3,(H,26,28). The van der Waals surface area contributed by atoms with Crippen molar-refractivity contribution in [1.29, 1.82) is 0 Å². The summed E-state index contributed by atoms with van der Waals surface area (Å²) in [6, 6.07) is 14.6. The minimum absolute atomic E-state index is 0.0912. The van der Waals surface area contributed by atoms with E-state index >= 15 is 0 Å². The van der Waals surface area contributed by atoms with Gasteiger partial charge in [-0.15, -0.1) is 0 Å². The molecule has 0 unspecified atom stereocenters. The van der Waals surface area contributed by atoms with Crippen LogP contribution in [0.4, 0.5) is 11.4 Å². The lowest BCUT2D eigenvalue weighted by Crippen LogP contribution is -2.38. The maximum Gasteiger partial charge on any atom is 0.321 e. The normalized spacial score (nSPS) is 12.5. The Morgan fingerprint density at radius 2 is 1.90 bits per heavy atom. The first-order chi connectivity index (χ1) is 15.1. The van der Waals surface area contributed by atoms with Gasteiger partial charge in [0.2, 0.25) is 11.8 Å². The van der Waals surface area contributed by atoms with E-state index in [1.54, 1.807) is 41.6 Å². The smallest absolute Gasteiger partial charge is 0.321 e. The van der Waals surface area contributed by atoms with Crippen molar-refractivity contribution in [3.05, 3.63) is 66.5 Å². The molecule has 0 atom stereocenters. The molecule has 0 radical (unpaired) electrons. The molecule has 0 spiro atoms. The van der Waals surface area contributed by atoms with Crippen LogP contribution in [-0.2, 0) is 9.59 Å². The summed E-state index contributed by atoms with van der Waals surface area (Å²) < 4.78 is 11.2. The Hall–Kier alpha value is -3.94. The number of nitrogens with zero attached hydrogens (tertiary/aromatic N) is 3. The van der Waals surface area contributed by atoms with Crippen LogP contribution in [0.1, 0.15) is 18.4 Å². The van der Waals surface area contributed by atoms with Crippen molar-refractivity contribution in [2.24, 2.45) is 0 Å². The number of hydrogen-bond acceptors (Lipinski definition) is 6. The molecule has 0 saturated heterocycles. The highest BCUT2D eigenvalue weighted by atomic mass is 16.5. The van der Waals surface area contributed by atoms with Gasteiger partial charge < -0.3 is 19.7 Å². The molecule has 158 valence electrons. The molecule has 1 aliphatic heterocycles. The topological polar surface area (TPSA) is 93.7 Å². The van der Waals surface area contributed by atoms with Crippen LogP contribution >= 0.6 is 0 Å². The minimum atomic E-state index is -0.224. The van der Waals surface area contributed by atoms with Crippen molar-refractivity contribution >= 4 is 23.2 Å². The highest BCUT2D eigenvalue weighted by molar-refractivity contribution is 5.99. The van der Waals surface area contributed by atoms with Crippen molar-refractivity contribution < 1.29 is 19.1 Å². The number of anilines is 2. The number of carbonyl (C=O) groups excluding carboxylic acids is 2. The maximum atomic E-state index is 12.7. The van der Waals surface area contributed by atoms with Gasteiger partial charge in [0.05, 0.1) is 12.2 Å².